The molecule has 1 saturated carbocycles. The molecule has 2 aromatic rings. The highest BCUT2D eigenvalue weighted by molar-refractivity contribution is 5.67. The number of rotatable bonds is 11. The first kappa shape index (κ1) is 35.1. The van der Waals surface area contributed by atoms with Crippen molar-refractivity contribution in [3.8, 4) is 6.07 Å². The van der Waals surface area contributed by atoms with Crippen molar-refractivity contribution < 1.29 is 23.0 Å². The third-order valence-corrected chi connectivity index (χ3v) is 12.3. The normalized spacial score (nSPS) is 25.8. The Hall–Kier alpha value is -3.30. The van der Waals surface area contributed by atoms with Crippen molar-refractivity contribution in [1.82, 2.24) is 20.0 Å². The van der Waals surface area contributed by atoms with Crippen LogP contribution in [-0.4, -0.2) is 119 Å². The van der Waals surface area contributed by atoms with Crippen LogP contribution in [0.25, 0.3) is 0 Å². The molecule has 0 bridgehead atoms. The van der Waals surface area contributed by atoms with Gasteiger partial charge in [-0.2, -0.15) is 5.26 Å². The molecule has 50 heavy (non-hydrogen) atoms. The number of carbonyl (C=O) groups excluding carboxylic acids is 1. The Morgan fingerprint density at radius 2 is 1.78 bits per heavy atom. The lowest BCUT2D eigenvalue weighted by Gasteiger charge is -2.53. The number of carbonyl (C=O) groups is 1. The second kappa shape index (κ2) is 15.5. The van der Waals surface area contributed by atoms with Gasteiger partial charge < -0.3 is 24.6 Å². The van der Waals surface area contributed by atoms with E-state index in [0.717, 1.165) is 101 Å². The molecule has 4 saturated heterocycles. The number of alkyl carbamates (subject to hydrolysis) is 1. The SMILES string of the molecule is COC(=O)N[C@H]1CCC[C@@H]1C(CN1CCOCC1)(c1cccc(F)c1)C1CCN(CC2CN(c3ccc(C#N)c(CN4CC(F)C4)c3)C2)CC1. The van der Waals surface area contributed by atoms with E-state index in [2.05, 4.69) is 43.1 Å². The Morgan fingerprint density at radius 1 is 1.00 bits per heavy atom. The lowest BCUT2D eigenvalue weighted by molar-refractivity contribution is -0.00681. The standard InChI is InChI=1S/C39H52F2N6O3/c1-49-38(48)43-37-7-3-6-36(37)39(27-45-14-16-50-17-15-45,32-4-2-5-33(40)19-32)31-10-12-44(13-11-31)21-28-22-47(23-28)35-9-8-29(20-42)30(18-35)24-46-25-34(41)26-46/h2,4-5,8-9,18-19,28,31,34,36-37H,3,6-7,10-17,21-27H2,1H3,(H,43,48)/t36-,37-,39?/m0/s1. The first-order valence-electron chi connectivity index (χ1n) is 18.6. The molecule has 1 N–H and O–H groups in total. The molecule has 4 aliphatic heterocycles. The van der Waals surface area contributed by atoms with Crippen LogP contribution in [0.5, 0.6) is 0 Å². The Bertz CT molecular complexity index is 1510. The zero-order valence-electron chi connectivity index (χ0n) is 29.4. The Morgan fingerprint density at radius 3 is 2.48 bits per heavy atom. The van der Waals surface area contributed by atoms with Gasteiger partial charge in [0, 0.05) is 82.0 Å². The van der Waals surface area contributed by atoms with Crippen molar-refractivity contribution in [2.24, 2.45) is 17.8 Å². The molecule has 5 fully saturated rings. The van der Waals surface area contributed by atoms with Crippen molar-refractivity contribution in [2.75, 3.05) is 90.7 Å². The number of benzene rings is 2. The number of hydrogen-bond acceptors (Lipinski definition) is 8. The molecule has 3 atom stereocenters. The monoisotopic (exact) mass is 690 g/mol. The predicted octanol–water partition coefficient (Wildman–Crippen LogP) is 4.79. The number of alkyl halides is 1. The fourth-order valence-corrected chi connectivity index (χ4v) is 9.74. The molecular weight excluding hydrogens is 638 g/mol. The molecule has 11 heteroatoms. The number of piperidine rings is 1. The summed E-state index contributed by atoms with van der Waals surface area (Å²) in [6.45, 7) is 10.4. The number of hydrogen-bond donors (Lipinski definition) is 1. The van der Waals surface area contributed by atoms with Gasteiger partial charge in [-0.1, -0.05) is 18.6 Å². The summed E-state index contributed by atoms with van der Waals surface area (Å²) >= 11 is 0. The summed E-state index contributed by atoms with van der Waals surface area (Å²) in [4.78, 5) is 22.1. The van der Waals surface area contributed by atoms with Crippen LogP contribution in [-0.2, 0) is 21.4 Å². The molecule has 270 valence electrons. The fourth-order valence-electron chi connectivity index (χ4n) is 9.74. The summed E-state index contributed by atoms with van der Waals surface area (Å²) in [5.74, 6) is 0.861. The number of amides is 1. The summed E-state index contributed by atoms with van der Waals surface area (Å²) in [7, 11) is 1.42. The van der Waals surface area contributed by atoms with Gasteiger partial charge in [0.25, 0.3) is 0 Å². The van der Waals surface area contributed by atoms with Crippen LogP contribution in [0.15, 0.2) is 42.5 Å². The van der Waals surface area contributed by atoms with E-state index in [1.165, 1.54) is 13.2 Å². The maximum absolute atomic E-state index is 15.1. The fraction of sp³-hybridized carbons (Fsp3) is 0.641. The number of halogens is 2. The van der Waals surface area contributed by atoms with Gasteiger partial charge in [0.05, 0.1) is 32.0 Å². The molecular formula is C39H52F2N6O3. The third kappa shape index (κ3) is 7.50. The minimum atomic E-state index is -0.754. The van der Waals surface area contributed by atoms with Crippen molar-refractivity contribution in [3.05, 3.63) is 65.0 Å². The summed E-state index contributed by atoms with van der Waals surface area (Å²) < 4.78 is 39.3. The largest absolute Gasteiger partial charge is 0.453 e. The molecule has 4 heterocycles. The van der Waals surface area contributed by atoms with Crippen LogP contribution >= 0.6 is 0 Å². The maximum atomic E-state index is 15.1. The third-order valence-electron chi connectivity index (χ3n) is 12.3. The van der Waals surface area contributed by atoms with Crippen LogP contribution in [0.4, 0.5) is 19.3 Å². The molecule has 0 radical (unpaired) electrons. The van der Waals surface area contributed by atoms with E-state index in [0.29, 0.717) is 50.2 Å². The molecule has 5 aliphatic rings. The number of ether oxygens (including phenoxy) is 2. The second-order valence-corrected chi connectivity index (χ2v) is 15.3. The first-order valence-corrected chi connectivity index (χ1v) is 18.6. The molecule has 0 spiro atoms. The maximum Gasteiger partial charge on any atom is 0.407 e. The van der Waals surface area contributed by atoms with Gasteiger partial charge in [0.15, 0.2) is 0 Å². The van der Waals surface area contributed by atoms with Crippen LogP contribution < -0.4 is 10.2 Å². The quantitative estimate of drug-likeness (QED) is 0.361. The molecule has 1 unspecified atom stereocenters. The lowest BCUT2D eigenvalue weighted by atomic mass is 9.58. The lowest BCUT2D eigenvalue weighted by Crippen LogP contribution is -2.59. The van der Waals surface area contributed by atoms with Gasteiger partial charge in [-0.15, -0.1) is 0 Å². The van der Waals surface area contributed by atoms with E-state index in [1.807, 2.05) is 18.2 Å². The van der Waals surface area contributed by atoms with E-state index in [1.54, 1.807) is 6.07 Å². The van der Waals surface area contributed by atoms with Crippen LogP contribution in [0.1, 0.15) is 48.8 Å². The second-order valence-electron chi connectivity index (χ2n) is 15.3. The Labute approximate surface area is 295 Å². The van der Waals surface area contributed by atoms with Gasteiger partial charge in [0.1, 0.15) is 12.0 Å². The highest BCUT2D eigenvalue weighted by Crippen LogP contribution is 2.51. The number of methoxy groups -OCH3 is 1. The van der Waals surface area contributed by atoms with Crippen molar-refractivity contribution in [3.63, 3.8) is 0 Å². The zero-order chi connectivity index (χ0) is 34.7. The van der Waals surface area contributed by atoms with E-state index >= 15 is 4.39 Å². The van der Waals surface area contributed by atoms with Crippen molar-refractivity contribution in [1.29, 1.82) is 5.26 Å². The van der Waals surface area contributed by atoms with Gasteiger partial charge in [-0.05, 0) is 92.1 Å². The number of morpholine rings is 1. The molecule has 1 aliphatic carbocycles. The molecule has 0 aromatic heterocycles. The number of likely N-dealkylation sites (tertiary alicyclic amines) is 2. The zero-order valence-corrected chi connectivity index (χ0v) is 29.4. The summed E-state index contributed by atoms with van der Waals surface area (Å²) in [5, 5.41) is 12.8. The summed E-state index contributed by atoms with van der Waals surface area (Å²) in [5.41, 5.74) is 3.52. The Balaban J connectivity index is 1.04. The Kier molecular flexibility index (Phi) is 10.9. The average Bonchev–Trinajstić information content (AvgIpc) is 3.57. The van der Waals surface area contributed by atoms with E-state index in [9.17, 15) is 14.4 Å². The van der Waals surface area contributed by atoms with Gasteiger partial charge in [-0.25, -0.2) is 13.6 Å². The van der Waals surface area contributed by atoms with Crippen molar-refractivity contribution >= 4 is 11.8 Å². The molecule has 9 nitrogen and oxygen atoms in total. The molecule has 2 aromatic carbocycles. The minimum absolute atomic E-state index is 0.0278. The van der Waals surface area contributed by atoms with Crippen LogP contribution in [0.3, 0.4) is 0 Å². The summed E-state index contributed by atoms with van der Waals surface area (Å²) in [6.07, 6.45) is 3.80. The minimum Gasteiger partial charge on any atom is -0.453 e. The number of anilines is 1. The van der Waals surface area contributed by atoms with Gasteiger partial charge in [-0.3, -0.25) is 9.80 Å². The predicted molar refractivity (Wildman–Crippen MR) is 188 cm³/mol. The summed E-state index contributed by atoms with van der Waals surface area (Å²) in [6, 6.07) is 15.6. The van der Waals surface area contributed by atoms with Crippen LogP contribution in [0.2, 0.25) is 0 Å². The van der Waals surface area contributed by atoms with E-state index in [4.69, 9.17) is 9.47 Å². The number of nitrogens with zero attached hydrogens (tertiary/aromatic N) is 5. The number of nitriles is 1. The molecule has 1 amide bonds. The molecule has 7 rings (SSSR count). The van der Waals surface area contributed by atoms with E-state index in [-0.39, 0.29) is 23.2 Å². The van der Waals surface area contributed by atoms with Gasteiger partial charge >= 0.3 is 6.09 Å². The first-order chi connectivity index (χ1) is 24.3. The highest BCUT2D eigenvalue weighted by atomic mass is 19.1. The topological polar surface area (TPSA) is 84.3 Å². The van der Waals surface area contributed by atoms with Gasteiger partial charge in [0.2, 0.25) is 0 Å². The van der Waals surface area contributed by atoms with E-state index < -0.39 is 12.3 Å². The van der Waals surface area contributed by atoms with Crippen LogP contribution in [0, 0.1) is 34.9 Å². The number of nitrogens with one attached hydrogen (secondary N) is 1. The average molecular weight is 691 g/mol. The van der Waals surface area contributed by atoms with Crippen molar-refractivity contribution in [2.45, 2.75) is 56.3 Å². The highest BCUT2D eigenvalue weighted by Gasteiger charge is 2.53. The smallest absolute Gasteiger partial charge is 0.407 e.